The smallest absolute Gasteiger partial charge is 0.185 e. The first kappa shape index (κ1) is 11.4. The lowest BCUT2D eigenvalue weighted by atomic mass is 10.2. The van der Waals surface area contributed by atoms with E-state index < -0.39 is 11.7 Å². The van der Waals surface area contributed by atoms with Gasteiger partial charge in [-0.1, -0.05) is 0 Å². The van der Waals surface area contributed by atoms with E-state index in [1.165, 1.54) is 6.07 Å². The minimum atomic E-state index is -4.37. The fourth-order valence-corrected chi connectivity index (χ4v) is 1.75. The van der Waals surface area contributed by atoms with Crippen LogP contribution < -0.4 is 0 Å². The van der Waals surface area contributed by atoms with Crippen LogP contribution in [-0.2, 0) is 6.18 Å². The van der Waals surface area contributed by atoms with E-state index in [1.54, 1.807) is 5.40 Å². The number of thioether (sulfide) groups is 1. The molecule has 0 aliphatic rings. The molecular formula is C8H3BrF3NS. The molecule has 1 aromatic carbocycles. The average molecular weight is 282 g/mol. The Morgan fingerprint density at radius 2 is 2.00 bits per heavy atom. The molecule has 0 saturated carbocycles. The van der Waals surface area contributed by atoms with Crippen LogP contribution in [0.15, 0.2) is 27.6 Å². The Morgan fingerprint density at radius 1 is 1.36 bits per heavy atom. The standard InChI is InChI=1S/C8H3BrF3NS/c9-6-2-1-5(8(10,11)12)3-7(6)14-4-13/h1-3H. The fourth-order valence-electron chi connectivity index (χ4n) is 0.807. The average Bonchev–Trinajstić information content (AvgIpc) is 2.07. The third kappa shape index (κ3) is 2.66. The van der Waals surface area contributed by atoms with Crippen molar-refractivity contribution in [1.29, 1.82) is 5.26 Å². The van der Waals surface area contributed by atoms with E-state index in [1.807, 2.05) is 0 Å². The largest absolute Gasteiger partial charge is 0.416 e. The zero-order valence-electron chi connectivity index (χ0n) is 6.60. The summed E-state index contributed by atoms with van der Waals surface area (Å²) in [6, 6.07) is 3.19. The van der Waals surface area contributed by atoms with Crippen LogP contribution in [0, 0.1) is 10.7 Å². The maximum absolute atomic E-state index is 12.2. The molecule has 0 N–H and O–H groups in total. The van der Waals surface area contributed by atoms with Crippen molar-refractivity contribution in [3.8, 4) is 5.40 Å². The third-order valence-electron chi connectivity index (χ3n) is 1.41. The van der Waals surface area contributed by atoms with Gasteiger partial charge < -0.3 is 0 Å². The van der Waals surface area contributed by atoms with Gasteiger partial charge >= 0.3 is 6.18 Å². The van der Waals surface area contributed by atoms with Crippen LogP contribution in [0.3, 0.4) is 0 Å². The van der Waals surface area contributed by atoms with Gasteiger partial charge in [0.1, 0.15) is 5.40 Å². The van der Waals surface area contributed by atoms with Gasteiger partial charge in [0.15, 0.2) is 0 Å². The summed E-state index contributed by atoms with van der Waals surface area (Å²) in [5.41, 5.74) is -0.751. The van der Waals surface area contributed by atoms with Crippen molar-refractivity contribution in [2.45, 2.75) is 11.1 Å². The predicted octanol–water partition coefficient (Wildman–Crippen LogP) is 4.04. The second-order valence-corrected chi connectivity index (χ2v) is 4.02. The number of thiocyanates is 1. The summed E-state index contributed by atoms with van der Waals surface area (Å²) in [7, 11) is 0. The lowest BCUT2D eigenvalue weighted by Crippen LogP contribution is -2.04. The molecule has 0 aromatic heterocycles. The van der Waals surface area contributed by atoms with Crippen molar-refractivity contribution in [2.24, 2.45) is 0 Å². The van der Waals surface area contributed by atoms with Crippen molar-refractivity contribution >= 4 is 27.7 Å². The van der Waals surface area contributed by atoms with Crippen LogP contribution in [0.2, 0.25) is 0 Å². The minimum Gasteiger partial charge on any atom is -0.185 e. The number of rotatable bonds is 1. The van der Waals surface area contributed by atoms with E-state index in [-0.39, 0.29) is 4.90 Å². The molecule has 1 aromatic rings. The molecule has 0 radical (unpaired) electrons. The van der Waals surface area contributed by atoms with Crippen molar-refractivity contribution in [3.63, 3.8) is 0 Å². The molecule has 0 aliphatic carbocycles. The zero-order valence-corrected chi connectivity index (χ0v) is 9.00. The lowest BCUT2D eigenvalue weighted by Gasteiger charge is -2.07. The Morgan fingerprint density at radius 3 is 2.50 bits per heavy atom. The van der Waals surface area contributed by atoms with Gasteiger partial charge in [-0.05, 0) is 45.9 Å². The number of halogens is 4. The quantitative estimate of drug-likeness (QED) is 0.573. The topological polar surface area (TPSA) is 23.8 Å². The molecule has 1 nitrogen and oxygen atoms in total. The summed E-state index contributed by atoms with van der Waals surface area (Å²) in [5.74, 6) is 0. The molecule has 6 heteroatoms. The van der Waals surface area contributed by atoms with E-state index >= 15 is 0 Å². The number of nitriles is 1. The Balaban J connectivity index is 3.14. The molecule has 0 aliphatic heterocycles. The van der Waals surface area contributed by atoms with E-state index in [0.717, 1.165) is 12.1 Å². The Labute approximate surface area is 91.0 Å². The highest BCUT2D eigenvalue weighted by atomic mass is 79.9. The summed E-state index contributed by atoms with van der Waals surface area (Å²) >= 11 is 3.75. The maximum Gasteiger partial charge on any atom is 0.416 e. The lowest BCUT2D eigenvalue weighted by molar-refractivity contribution is -0.137. The normalized spacial score (nSPS) is 11.1. The molecule has 1 rings (SSSR count). The second kappa shape index (κ2) is 4.24. The van der Waals surface area contributed by atoms with E-state index in [9.17, 15) is 13.2 Å². The first-order valence-electron chi connectivity index (χ1n) is 3.38. The number of nitrogens with zero attached hydrogens (tertiary/aromatic N) is 1. The Kier molecular flexibility index (Phi) is 3.45. The molecule has 0 unspecified atom stereocenters. The van der Waals surface area contributed by atoms with Gasteiger partial charge in [-0.15, -0.1) is 0 Å². The summed E-state index contributed by atoms with van der Waals surface area (Å²) in [6.07, 6.45) is -4.37. The molecular weight excluding hydrogens is 279 g/mol. The molecule has 0 fully saturated rings. The molecule has 0 spiro atoms. The van der Waals surface area contributed by atoms with Crippen molar-refractivity contribution in [2.75, 3.05) is 0 Å². The highest BCUT2D eigenvalue weighted by Crippen LogP contribution is 2.35. The second-order valence-electron chi connectivity index (χ2n) is 2.34. The van der Waals surface area contributed by atoms with Crippen LogP contribution in [0.1, 0.15) is 5.56 Å². The number of benzene rings is 1. The summed E-state index contributed by atoms with van der Waals surface area (Å²) in [4.78, 5) is 0.266. The third-order valence-corrected chi connectivity index (χ3v) is 3.02. The highest BCUT2D eigenvalue weighted by molar-refractivity contribution is 9.10. The molecule has 0 saturated heterocycles. The monoisotopic (exact) mass is 281 g/mol. The zero-order chi connectivity index (χ0) is 10.8. The van der Waals surface area contributed by atoms with E-state index in [2.05, 4.69) is 15.9 Å². The Hall–Kier alpha value is -0.670. The molecule has 0 atom stereocenters. The summed E-state index contributed by atoms with van der Waals surface area (Å²) < 4.78 is 37.2. The van der Waals surface area contributed by atoms with Crippen LogP contribution in [0.5, 0.6) is 0 Å². The highest BCUT2D eigenvalue weighted by Gasteiger charge is 2.30. The van der Waals surface area contributed by atoms with Crippen molar-refractivity contribution < 1.29 is 13.2 Å². The van der Waals surface area contributed by atoms with Crippen LogP contribution in [0.25, 0.3) is 0 Å². The molecule has 0 amide bonds. The van der Waals surface area contributed by atoms with Gasteiger partial charge in [0.05, 0.1) is 5.56 Å². The van der Waals surface area contributed by atoms with Crippen LogP contribution in [-0.4, -0.2) is 0 Å². The van der Waals surface area contributed by atoms with Crippen molar-refractivity contribution in [3.05, 3.63) is 28.2 Å². The van der Waals surface area contributed by atoms with Gasteiger partial charge in [-0.2, -0.15) is 18.4 Å². The SMILES string of the molecule is N#CSc1cc(C(F)(F)F)ccc1Br. The van der Waals surface area contributed by atoms with Crippen molar-refractivity contribution in [1.82, 2.24) is 0 Å². The van der Waals surface area contributed by atoms with Gasteiger partial charge in [0.25, 0.3) is 0 Å². The first-order valence-corrected chi connectivity index (χ1v) is 4.99. The van der Waals surface area contributed by atoms with Gasteiger partial charge in [-0.25, -0.2) is 0 Å². The molecule has 0 heterocycles. The molecule has 74 valence electrons. The fraction of sp³-hybridized carbons (Fsp3) is 0.125. The molecule has 0 bridgehead atoms. The molecule has 14 heavy (non-hydrogen) atoms. The number of alkyl halides is 3. The van der Waals surface area contributed by atoms with E-state index in [0.29, 0.717) is 16.2 Å². The van der Waals surface area contributed by atoms with Crippen LogP contribution >= 0.6 is 27.7 Å². The van der Waals surface area contributed by atoms with Gasteiger partial charge in [0, 0.05) is 9.37 Å². The number of hydrogen-bond acceptors (Lipinski definition) is 2. The summed E-state index contributed by atoms with van der Waals surface area (Å²) in [5, 5.41) is 10.1. The van der Waals surface area contributed by atoms with E-state index in [4.69, 9.17) is 5.26 Å². The maximum atomic E-state index is 12.2. The number of hydrogen-bond donors (Lipinski definition) is 0. The predicted molar refractivity (Wildman–Crippen MR) is 50.6 cm³/mol. The Bertz CT molecular complexity index is 383. The van der Waals surface area contributed by atoms with Gasteiger partial charge in [0.2, 0.25) is 0 Å². The first-order chi connectivity index (χ1) is 6.45. The van der Waals surface area contributed by atoms with Gasteiger partial charge in [-0.3, -0.25) is 0 Å². The minimum absolute atomic E-state index is 0.266. The summed E-state index contributed by atoms with van der Waals surface area (Å²) in [6.45, 7) is 0. The van der Waals surface area contributed by atoms with Crippen LogP contribution in [0.4, 0.5) is 13.2 Å².